The number of hydrogen-bond acceptors (Lipinski definition) is 3. The fourth-order valence-electron chi connectivity index (χ4n) is 3.58. The van der Waals surface area contributed by atoms with Crippen molar-refractivity contribution in [1.29, 1.82) is 0 Å². The quantitative estimate of drug-likeness (QED) is 0.516. The highest BCUT2D eigenvalue weighted by molar-refractivity contribution is 5.78. The Bertz CT molecular complexity index is 964. The maximum absolute atomic E-state index is 12.1. The van der Waals surface area contributed by atoms with Crippen LogP contribution in [0.3, 0.4) is 0 Å². The molecule has 1 heterocycles. The summed E-state index contributed by atoms with van der Waals surface area (Å²) < 4.78 is 8.25. The van der Waals surface area contributed by atoms with Crippen LogP contribution in [-0.2, 0) is 17.8 Å². The fourth-order valence-corrected chi connectivity index (χ4v) is 3.58. The van der Waals surface area contributed by atoms with E-state index in [1.165, 1.54) is 17.0 Å². The zero-order chi connectivity index (χ0) is 22.2. The molecule has 1 amide bonds. The molecule has 5 heteroatoms. The van der Waals surface area contributed by atoms with Crippen molar-refractivity contribution in [1.82, 2.24) is 9.88 Å². The molecule has 0 radical (unpaired) electrons. The maximum atomic E-state index is 12.1. The Balaban J connectivity index is 1.53. The van der Waals surface area contributed by atoms with Gasteiger partial charge < -0.3 is 19.7 Å². The van der Waals surface area contributed by atoms with Gasteiger partial charge in [0.15, 0.2) is 0 Å². The minimum atomic E-state index is -0.225. The summed E-state index contributed by atoms with van der Waals surface area (Å²) >= 11 is 0. The average Bonchev–Trinajstić information content (AvgIpc) is 3.15. The van der Waals surface area contributed by atoms with Gasteiger partial charge in [0.05, 0.1) is 13.2 Å². The van der Waals surface area contributed by atoms with Crippen molar-refractivity contribution in [2.24, 2.45) is 5.92 Å². The predicted octanol–water partition coefficient (Wildman–Crippen LogP) is 4.22. The van der Waals surface area contributed by atoms with Gasteiger partial charge in [0, 0.05) is 23.3 Å². The molecule has 2 N–H and O–H groups in total. The van der Waals surface area contributed by atoms with Gasteiger partial charge in [-0.15, -0.1) is 0 Å². The Kier molecular flexibility index (Phi) is 7.90. The lowest BCUT2D eigenvalue weighted by Crippen LogP contribution is -2.38. The molecule has 31 heavy (non-hydrogen) atoms. The second-order valence-corrected chi connectivity index (χ2v) is 8.07. The Morgan fingerprint density at radius 2 is 1.74 bits per heavy atom. The molecule has 0 aliphatic carbocycles. The van der Waals surface area contributed by atoms with E-state index in [-0.39, 0.29) is 24.5 Å². The van der Waals surface area contributed by atoms with Crippen LogP contribution in [0.15, 0.2) is 66.7 Å². The Morgan fingerprint density at radius 3 is 2.42 bits per heavy atom. The molecule has 0 spiro atoms. The van der Waals surface area contributed by atoms with E-state index in [2.05, 4.69) is 53.2 Å². The zero-order valence-corrected chi connectivity index (χ0v) is 18.5. The van der Waals surface area contributed by atoms with Gasteiger partial charge in [0.1, 0.15) is 12.4 Å². The summed E-state index contributed by atoms with van der Waals surface area (Å²) in [5.74, 6) is 0.618. The number of aryl methyl sites for hydroxylation is 1. The smallest absolute Gasteiger partial charge is 0.223 e. The van der Waals surface area contributed by atoms with Gasteiger partial charge in [-0.3, -0.25) is 4.79 Å². The molecule has 3 aromatic rings. The lowest BCUT2D eigenvalue weighted by atomic mass is 10.00. The van der Waals surface area contributed by atoms with E-state index in [9.17, 15) is 4.79 Å². The number of benzene rings is 2. The normalized spacial score (nSPS) is 12.9. The van der Waals surface area contributed by atoms with E-state index in [1.807, 2.05) is 37.3 Å². The number of ether oxygens (including phenoxy) is 1. The number of carbonyl (C=O) groups excluding carboxylic acids is 1. The summed E-state index contributed by atoms with van der Waals surface area (Å²) in [6, 6.07) is 22.4. The van der Waals surface area contributed by atoms with Gasteiger partial charge in [-0.2, -0.15) is 0 Å². The zero-order valence-electron chi connectivity index (χ0n) is 18.5. The lowest BCUT2D eigenvalue weighted by Gasteiger charge is -2.16. The molecular weight excluding hydrogens is 388 g/mol. The molecule has 1 aromatic heterocycles. The summed E-state index contributed by atoms with van der Waals surface area (Å²) in [4.78, 5) is 12.1. The van der Waals surface area contributed by atoms with Gasteiger partial charge >= 0.3 is 0 Å². The highest BCUT2D eigenvalue weighted by Crippen LogP contribution is 2.22. The molecule has 2 unspecified atom stereocenters. The first-order valence-electron chi connectivity index (χ1n) is 10.8. The van der Waals surface area contributed by atoms with Gasteiger partial charge in [-0.05, 0) is 55.7 Å². The number of nitrogens with one attached hydrogen (secondary N) is 1. The Labute approximate surface area is 184 Å². The largest absolute Gasteiger partial charge is 0.492 e. The highest BCUT2D eigenvalue weighted by atomic mass is 16.5. The van der Waals surface area contributed by atoms with E-state index < -0.39 is 0 Å². The van der Waals surface area contributed by atoms with Gasteiger partial charge in [0.25, 0.3) is 0 Å². The van der Waals surface area contributed by atoms with Gasteiger partial charge in [-0.1, -0.05) is 49.4 Å². The molecule has 3 rings (SSSR count). The molecule has 2 aromatic carbocycles. The minimum absolute atomic E-state index is 0.0433. The molecule has 0 saturated heterocycles. The van der Waals surface area contributed by atoms with Crippen LogP contribution in [0.2, 0.25) is 0 Å². The minimum Gasteiger partial charge on any atom is -0.492 e. The number of aromatic nitrogens is 1. The molecule has 0 aliphatic heterocycles. The van der Waals surface area contributed by atoms with Crippen molar-refractivity contribution in [3.05, 3.63) is 78.0 Å². The predicted molar refractivity (Wildman–Crippen MR) is 124 cm³/mol. The first-order valence-corrected chi connectivity index (χ1v) is 10.8. The molecular formula is C26H32N2O3. The van der Waals surface area contributed by atoms with Crippen LogP contribution in [0.25, 0.3) is 11.3 Å². The van der Waals surface area contributed by atoms with Crippen molar-refractivity contribution in [3.63, 3.8) is 0 Å². The van der Waals surface area contributed by atoms with Crippen molar-refractivity contribution in [3.8, 4) is 17.0 Å². The van der Waals surface area contributed by atoms with E-state index in [1.54, 1.807) is 6.92 Å². The Morgan fingerprint density at radius 1 is 1.03 bits per heavy atom. The number of nitrogens with zero attached hydrogens (tertiary/aromatic N) is 1. The summed E-state index contributed by atoms with van der Waals surface area (Å²) in [7, 11) is 0. The van der Waals surface area contributed by atoms with Crippen LogP contribution in [0.1, 0.15) is 25.1 Å². The van der Waals surface area contributed by atoms with E-state index in [4.69, 9.17) is 9.84 Å². The third-order valence-electron chi connectivity index (χ3n) is 5.43. The topological polar surface area (TPSA) is 63.5 Å². The summed E-state index contributed by atoms with van der Waals surface area (Å²) in [5.41, 5.74) is 4.69. The molecule has 0 aliphatic rings. The summed E-state index contributed by atoms with van der Waals surface area (Å²) in [6.45, 7) is 7.08. The first kappa shape index (κ1) is 22.6. The number of rotatable bonds is 10. The van der Waals surface area contributed by atoms with Crippen LogP contribution in [0, 0.1) is 12.8 Å². The monoisotopic (exact) mass is 420 g/mol. The van der Waals surface area contributed by atoms with E-state index in [0.717, 1.165) is 17.9 Å². The molecule has 5 nitrogen and oxygen atoms in total. The average molecular weight is 421 g/mol. The van der Waals surface area contributed by atoms with Crippen molar-refractivity contribution < 1.29 is 14.6 Å². The molecule has 0 bridgehead atoms. The number of amides is 1. The van der Waals surface area contributed by atoms with E-state index >= 15 is 0 Å². The lowest BCUT2D eigenvalue weighted by molar-refractivity contribution is -0.125. The summed E-state index contributed by atoms with van der Waals surface area (Å²) in [6.07, 6.45) is 0.646. The number of hydrogen-bond donors (Lipinski definition) is 2. The van der Waals surface area contributed by atoms with Crippen molar-refractivity contribution in [2.75, 3.05) is 13.2 Å². The van der Waals surface area contributed by atoms with Gasteiger partial charge in [-0.25, -0.2) is 0 Å². The van der Waals surface area contributed by atoms with Crippen LogP contribution >= 0.6 is 0 Å². The molecule has 0 saturated carbocycles. The SMILES string of the molecule is Cc1ccc(-c2ccccc2)n1CCOc1ccc(CC(C)C(=O)NC(C)CO)cc1. The third kappa shape index (κ3) is 6.22. The van der Waals surface area contributed by atoms with E-state index in [0.29, 0.717) is 13.0 Å². The first-order chi connectivity index (χ1) is 15.0. The second-order valence-electron chi connectivity index (χ2n) is 8.07. The maximum Gasteiger partial charge on any atom is 0.223 e. The van der Waals surface area contributed by atoms with Crippen LogP contribution in [-0.4, -0.2) is 34.8 Å². The number of aliphatic hydroxyl groups excluding tert-OH is 1. The standard InChI is InChI=1S/C26H32N2O3/c1-19(26(30)27-20(2)18-29)17-22-10-12-24(13-11-22)31-16-15-28-21(3)9-14-25(28)23-7-5-4-6-8-23/h4-14,19-20,29H,15-18H2,1-3H3,(H,27,30). The Hall–Kier alpha value is -3.05. The highest BCUT2D eigenvalue weighted by Gasteiger charge is 2.15. The second kappa shape index (κ2) is 10.8. The van der Waals surface area contributed by atoms with Crippen LogP contribution < -0.4 is 10.1 Å². The fraction of sp³-hybridized carbons (Fsp3) is 0.346. The summed E-state index contributed by atoms with van der Waals surface area (Å²) in [5, 5.41) is 11.9. The molecule has 164 valence electrons. The third-order valence-corrected chi connectivity index (χ3v) is 5.43. The molecule has 2 atom stereocenters. The number of carbonyl (C=O) groups is 1. The van der Waals surface area contributed by atoms with Crippen LogP contribution in [0.4, 0.5) is 0 Å². The number of aliphatic hydroxyl groups is 1. The van der Waals surface area contributed by atoms with Gasteiger partial charge in [0.2, 0.25) is 5.91 Å². The van der Waals surface area contributed by atoms with Crippen LogP contribution in [0.5, 0.6) is 5.75 Å². The van der Waals surface area contributed by atoms with Crippen molar-refractivity contribution in [2.45, 2.75) is 39.8 Å². The van der Waals surface area contributed by atoms with Crippen molar-refractivity contribution >= 4 is 5.91 Å². The molecule has 0 fully saturated rings.